The molecule has 0 aromatic heterocycles. The molecule has 12 heavy (non-hydrogen) atoms. The Morgan fingerprint density at radius 3 is 2.25 bits per heavy atom. The maximum Gasteiger partial charge on any atom is 0.0916 e. The molecule has 1 unspecified atom stereocenters. The van der Waals surface area contributed by atoms with E-state index in [2.05, 4.69) is 13.8 Å². The topological polar surface area (TPSA) is 12.5 Å². The van der Waals surface area contributed by atoms with Crippen LogP contribution in [-0.2, 0) is 4.74 Å². The minimum absolute atomic E-state index is 0.304. The minimum atomic E-state index is 0.304. The van der Waals surface area contributed by atoms with Gasteiger partial charge in [-0.15, -0.1) is 0 Å². The van der Waals surface area contributed by atoms with Crippen LogP contribution in [0.2, 0.25) is 0 Å². The Morgan fingerprint density at radius 2 is 1.83 bits per heavy atom. The van der Waals surface area contributed by atoms with Gasteiger partial charge in [-0.05, 0) is 31.6 Å². The van der Waals surface area contributed by atoms with Crippen molar-refractivity contribution >= 4 is 0 Å². The standard InChI is InChI=1S/C11H20O/c1-3-9-4-6-10(7-5-9)11(2)8-12-11/h9-10H,3-8H2,1-2H3. The van der Waals surface area contributed by atoms with E-state index in [9.17, 15) is 0 Å². The molecule has 0 spiro atoms. The molecule has 1 nitrogen and oxygen atoms in total. The van der Waals surface area contributed by atoms with Crippen LogP contribution in [0.5, 0.6) is 0 Å². The van der Waals surface area contributed by atoms with Crippen molar-refractivity contribution in [3.05, 3.63) is 0 Å². The van der Waals surface area contributed by atoms with E-state index >= 15 is 0 Å². The lowest BCUT2D eigenvalue weighted by atomic mass is 9.76. The van der Waals surface area contributed by atoms with Crippen LogP contribution in [0.25, 0.3) is 0 Å². The zero-order valence-corrected chi connectivity index (χ0v) is 8.31. The molecule has 1 saturated heterocycles. The Morgan fingerprint density at radius 1 is 1.25 bits per heavy atom. The molecule has 1 saturated carbocycles. The summed E-state index contributed by atoms with van der Waals surface area (Å²) in [7, 11) is 0. The van der Waals surface area contributed by atoms with Gasteiger partial charge >= 0.3 is 0 Å². The highest BCUT2D eigenvalue weighted by molar-refractivity contribution is 4.95. The minimum Gasteiger partial charge on any atom is -0.370 e. The van der Waals surface area contributed by atoms with Gasteiger partial charge in [0.05, 0.1) is 12.2 Å². The van der Waals surface area contributed by atoms with Crippen LogP contribution in [-0.4, -0.2) is 12.2 Å². The van der Waals surface area contributed by atoms with E-state index in [1.807, 2.05) is 0 Å². The number of ether oxygens (including phenoxy) is 1. The van der Waals surface area contributed by atoms with Gasteiger partial charge in [0.15, 0.2) is 0 Å². The van der Waals surface area contributed by atoms with Gasteiger partial charge in [0.25, 0.3) is 0 Å². The number of epoxide rings is 1. The van der Waals surface area contributed by atoms with Crippen LogP contribution in [0, 0.1) is 11.8 Å². The van der Waals surface area contributed by atoms with Gasteiger partial charge in [0.2, 0.25) is 0 Å². The highest BCUT2D eigenvalue weighted by atomic mass is 16.6. The predicted molar refractivity (Wildman–Crippen MR) is 50.1 cm³/mol. The van der Waals surface area contributed by atoms with Crippen LogP contribution >= 0.6 is 0 Å². The maximum atomic E-state index is 5.50. The molecule has 70 valence electrons. The molecule has 2 fully saturated rings. The van der Waals surface area contributed by atoms with E-state index in [1.54, 1.807) is 0 Å². The summed E-state index contributed by atoms with van der Waals surface area (Å²) < 4.78 is 5.50. The van der Waals surface area contributed by atoms with Crippen LogP contribution in [0.3, 0.4) is 0 Å². The van der Waals surface area contributed by atoms with Crippen molar-refractivity contribution in [3.8, 4) is 0 Å². The van der Waals surface area contributed by atoms with Crippen LogP contribution in [0.4, 0.5) is 0 Å². The van der Waals surface area contributed by atoms with Crippen molar-refractivity contribution in [3.63, 3.8) is 0 Å². The first kappa shape index (κ1) is 8.55. The molecular formula is C11H20O. The summed E-state index contributed by atoms with van der Waals surface area (Å²) in [6.07, 6.45) is 7.09. The van der Waals surface area contributed by atoms with Crippen molar-refractivity contribution in [2.75, 3.05) is 6.61 Å². The van der Waals surface area contributed by atoms with Gasteiger partial charge in [0, 0.05) is 0 Å². The van der Waals surface area contributed by atoms with E-state index in [1.165, 1.54) is 32.1 Å². The summed E-state index contributed by atoms with van der Waals surface area (Å²) in [5, 5.41) is 0. The van der Waals surface area contributed by atoms with Gasteiger partial charge in [-0.2, -0.15) is 0 Å². The summed E-state index contributed by atoms with van der Waals surface area (Å²) in [4.78, 5) is 0. The molecule has 0 aromatic rings. The van der Waals surface area contributed by atoms with Gasteiger partial charge in [-0.3, -0.25) is 0 Å². The summed E-state index contributed by atoms with van der Waals surface area (Å²) in [5.74, 6) is 1.89. The van der Waals surface area contributed by atoms with E-state index in [0.29, 0.717) is 5.60 Å². The molecule has 1 heterocycles. The van der Waals surface area contributed by atoms with Crippen molar-refractivity contribution in [2.24, 2.45) is 11.8 Å². The molecule has 1 atom stereocenters. The molecule has 2 rings (SSSR count). The lowest BCUT2D eigenvalue weighted by Gasteiger charge is -2.30. The highest BCUT2D eigenvalue weighted by Crippen LogP contribution is 2.44. The normalized spacial score (nSPS) is 47.5. The smallest absolute Gasteiger partial charge is 0.0916 e. The molecule has 0 amide bonds. The summed E-state index contributed by atoms with van der Waals surface area (Å²) in [5.41, 5.74) is 0.304. The average molecular weight is 168 g/mol. The SMILES string of the molecule is CCC1CCC(C2(C)CO2)CC1. The molecule has 1 aliphatic carbocycles. The first-order chi connectivity index (χ1) is 5.74. The third kappa shape index (κ3) is 1.52. The highest BCUT2D eigenvalue weighted by Gasteiger charge is 2.47. The number of hydrogen-bond acceptors (Lipinski definition) is 1. The summed E-state index contributed by atoms with van der Waals surface area (Å²) in [6.45, 7) is 5.62. The Labute approximate surface area is 75.5 Å². The van der Waals surface area contributed by atoms with Gasteiger partial charge in [-0.25, -0.2) is 0 Å². The molecule has 1 heteroatoms. The van der Waals surface area contributed by atoms with Crippen molar-refractivity contribution in [2.45, 2.75) is 51.6 Å². The fourth-order valence-corrected chi connectivity index (χ4v) is 2.53. The second-order valence-corrected chi connectivity index (χ2v) is 4.73. The second kappa shape index (κ2) is 3.02. The molecule has 0 radical (unpaired) electrons. The molecule has 2 aliphatic rings. The number of hydrogen-bond donors (Lipinski definition) is 0. The molecule has 0 aromatic carbocycles. The summed E-state index contributed by atoms with van der Waals surface area (Å²) >= 11 is 0. The summed E-state index contributed by atoms with van der Waals surface area (Å²) in [6, 6.07) is 0. The average Bonchev–Trinajstić information content (AvgIpc) is 2.85. The quantitative estimate of drug-likeness (QED) is 0.577. The van der Waals surface area contributed by atoms with Crippen LogP contribution < -0.4 is 0 Å². The Bertz CT molecular complexity index is 152. The predicted octanol–water partition coefficient (Wildman–Crippen LogP) is 2.99. The maximum absolute atomic E-state index is 5.50. The Kier molecular flexibility index (Phi) is 2.16. The first-order valence-corrected chi connectivity index (χ1v) is 5.38. The monoisotopic (exact) mass is 168 g/mol. The van der Waals surface area contributed by atoms with Crippen molar-refractivity contribution < 1.29 is 4.74 Å². The van der Waals surface area contributed by atoms with Crippen molar-refractivity contribution in [1.82, 2.24) is 0 Å². The largest absolute Gasteiger partial charge is 0.370 e. The molecule has 1 aliphatic heterocycles. The van der Waals surface area contributed by atoms with E-state index in [-0.39, 0.29) is 0 Å². The first-order valence-electron chi connectivity index (χ1n) is 5.38. The fourth-order valence-electron chi connectivity index (χ4n) is 2.53. The van der Waals surface area contributed by atoms with Gasteiger partial charge in [-0.1, -0.05) is 26.2 Å². The van der Waals surface area contributed by atoms with E-state index < -0.39 is 0 Å². The van der Waals surface area contributed by atoms with E-state index in [0.717, 1.165) is 18.4 Å². The fraction of sp³-hybridized carbons (Fsp3) is 1.00. The lowest BCUT2D eigenvalue weighted by molar-refractivity contribution is 0.162. The Balaban J connectivity index is 1.82. The van der Waals surface area contributed by atoms with Crippen molar-refractivity contribution in [1.29, 1.82) is 0 Å². The zero-order valence-electron chi connectivity index (χ0n) is 8.31. The second-order valence-electron chi connectivity index (χ2n) is 4.73. The molecular weight excluding hydrogens is 148 g/mol. The number of rotatable bonds is 2. The van der Waals surface area contributed by atoms with Crippen LogP contribution in [0.1, 0.15) is 46.0 Å². The molecule has 0 bridgehead atoms. The third-order valence-electron chi connectivity index (χ3n) is 3.89. The zero-order chi connectivity index (χ0) is 8.60. The van der Waals surface area contributed by atoms with Gasteiger partial charge in [0.1, 0.15) is 0 Å². The van der Waals surface area contributed by atoms with Crippen LogP contribution in [0.15, 0.2) is 0 Å². The van der Waals surface area contributed by atoms with Gasteiger partial charge < -0.3 is 4.74 Å². The lowest BCUT2D eigenvalue weighted by Crippen LogP contribution is -2.25. The molecule has 0 N–H and O–H groups in total. The Hall–Kier alpha value is -0.0400. The third-order valence-corrected chi connectivity index (χ3v) is 3.89. The van der Waals surface area contributed by atoms with E-state index in [4.69, 9.17) is 4.74 Å².